The highest BCUT2D eigenvalue weighted by Gasteiger charge is 2.28. The van der Waals surface area contributed by atoms with Crippen molar-refractivity contribution in [3.8, 4) is 5.75 Å². The van der Waals surface area contributed by atoms with Gasteiger partial charge in [-0.15, -0.1) is 0 Å². The molecule has 1 fully saturated rings. The van der Waals surface area contributed by atoms with Crippen molar-refractivity contribution in [2.45, 2.75) is 51.4 Å². The Kier molecular flexibility index (Phi) is 6.56. The maximum atomic E-state index is 12.3. The molecule has 1 aliphatic carbocycles. The number of hydrogen-bond donors (Lipinski definition) is 1. The van der Waals surface area contributed by atoms with Crippen LogP contribution >= 0.6 is 0 Å². The third-order valence-electron chi connectivity index (χ3n) is 4.55. The van der Waals surface area contributed by atoms with Gasteiger partial charge in [-0.05, 0) is 36.5 Å². The van der Waals surface area contributed by atoms with E-state index in [1.165, 1.54) is 18.6 Å². The van der Waals surface area contributed by atoms with E-state index in [4.69, 9.17) is 0 Å². The fourth-order valence-corrected chi connectivity index (χ4v) is 3.09. The molecular weight excluding hydrogens is 333 g/mol. The number of ether oxygens (including phenoxy) is 1. The van der Waals surface area contributed by atoms with E-state index in [-0.39, 0.29) is 17.8 Å². The first-order chi connectivity index (χ1) is 11.7. The summed E-state index contributed by atoms with van der Waals surface area (Å²) in [5.41, 5.74) is 0.804. The van der Waals surface area contributed by atoms with E-state index in [1.54, 1.807) is 17.0 Å². The normalized spacial score (nSPS) is 20.8. The molecule has 0 bridgehead atoms. The highest BCUT2D eigenvalue weighted by atomic mass is 19.4. The standard InChI is InChI=1S/C18H25F3N2O2/c1-13-4-3-5-15(10-13)23(2)17(24)22-11-14-6-8-16(9-7-14)25-12-18(19,20)21/h6-9,13,15H,3-5,10-12H2,1-2H3,(H,22,24). The van der Waals surface area contributed by atoms with Crippen molar-refractivity contribution in [2.75, 3.05) is 13.7 Å². The number of halogens is 3. The molecule has 7 heteroatoms. The third kappa shape index (κ3) is 6.48. The van der Waals surface area contributed by atoms with Crippen molar-refractivity contribution in [2.24, 2.45) is 5.92 Å². The summed E-state index contributed by atoms with van der Waals surface area (Å²) in [7, 11) is 1.81. The van der Waals surface area contributed by atoms with Crippen LogP contribution in [0.3, 0.4) is 0 Å². The molecule has 2 atom stereocenters. The minimum atomic E-state index is -4.35. The maximum Gasteiger partial charge on any atom is 0.422 e. The Balaban J connectivity index is 1.79. The average molecular weight is 358 g/mol. The molecule has 1 aromatic rings. The number of carbonyl (C=O) groups is 1. The van der Waals surface area contributed by atoms with Gasteiger partial charge in [0.1, 0.15) is 5.75 Å². The zero-order valence-electron chi connectivity index (χ0n) is 14.6. The van der Waals surface area contributed by atoms with Gasteiger partial charge >= 0.3 is 12.2 Å². The quantitative estimate of drug-likeness (QED) is 0.850. The van der Waals surface area contributed by atoms with Gasteiger partial charge in [-0.2, -0.15) is 13.2 Å². The molecule has 0 radical (unpaired) electrons. The maximum absolute atomic E-state index is 12.3. The monoisotopic (exact) mass is 358 g/mol. The van der Waals surface area contributed by atoms with Crippen LogP contribution in [-0.2, 0) is 6.54 Å². The van der Waals surface area contributed by atoms with Gasteiger partial charge in [-0.1, -0.05) is 31.9 Å². The van der Waals surface area contributed by atoms with Gasteiger partial charge < -0.3 is 15.0 Å². The predicted octanol–water partition coefficient (Wildman–Crippen LogP) is 4.35. The minimum Gasteiger partial charge on any atom is -0.484 e. The molecule has 0 heterocycles. The number of nitrogens with zero attached hydrogens (tertiary/aromatic N) is 1. The Bertz CT molecular complexity index is 560. The zero-order valence-corrected chi connectivity index (χ0v) is 14.6. The molecule has 1 saturated carbocycles. The van der Waals surface area contributed by atoms with E-state index >= 15 is 0 Å². The van der Waals surface area contributed by atoms with Crippen molar-refractivity contribution in [3.05, 3.63) is 29.8 Å². The van der Waals surface area contributed by atoms with E-state index in [9.17, 15) is 18.0 Å². The first-order valence-electron chi connectivity index (χ1n) is 8.54. The van der Waals surface area contributed by atoms with Crippen molar-refractivity contribution in [1.29, 1.82) is 0 Å². The van der Waals surface area contributed by atoms with Crippen LogP contribution in [-0.4, -0.2) is 36.8 Å². The molecule has 4 nitrogen and oxygen atoms in total. The number of nitrogens with one attached hydrogen (secondary N) is 1. The molecule has 0 aliphatic heterocycles. The number of rotatable bonds is 5. The van der Waals surface area contributed by atoms with Crippen LogP contribution in [0.25, 0.3) is 0 Å². The summed E-state index contributed by atoms with van der Waals surface area (Å²) >= 11 is 0. The van der Waals surface area contributed by atoms with Crippen LogP contribution in [0.5, 0.6) is 5.75 Å². The molecule has 2 amide bonds. The van der Waals surface area contributed by atoms with E-state index < -0.39 is 12.8 Å². The van der Waals surface area contributed by atoms with Crippen molar-refractivity contribution < 1.29 is 22.7 Å². The summed E-state index contributed by atoms with van der Waals surface area (Å²) in [6.45, 7) is 1.22. The molecule has 1 N–H and O–H groups in total. The Morgan fingerprint density at radius 1 is 1.28 bits per heavy atom. The largest absolute Gasteiger partial charge is 0.484 e. The van der Waals surface area contributed by atoms with Crippen molar-refractivity contribution >= 4 is 6.03 Å². The van der Waals surface area contributed by atoms with Crippen LogP contribution in [0.15, 0.2) is 24.3 Å². The molecule has 2 rings (SSSR count). The van der Waals surface area contributed by atoms with E-state index in [0.29, 0.717) is 12.5 Å². The van der Waals surface area contributed by atoms with Crippen molar-refractivity contribution in [1.82, 2.24) is 10.2 Å². The van der Waals surface area contributed by atoms with Crippen LogP contribution in [0.4, 0.5) is 18.0 Å². The number of alkyl halides is 3. The van der Waals surface area contributed by atoms with Crippen LogP contribution in [0.2, 0.25) is 0 Å². The third-order valence-corrected chi connectivity index (χ3v) is 4.55. The average Bonchev–Trinajstić information content (AvgIpc) is 2.57. The lowest BCUT2D eigenvalue weighted by atomic mass is 9.86. The lowest BCUT2D eigenvalue weighted by Gasteiger charge is -2.34. The van der Waals surface area contributed by atoms with Gasteiger partial charge in [-0.3, -0.25) is 0 Å². The molecule has 25 heavy (non-hydrogen) atoms. The molecule has 140 valence electrons. The zero-order chi connectivity index (χ0) is 18.4. The topological polar surface area (TPSA) is 41.6 Å². The summed E-state index contributed by atoms with van der Waals surface area (Å²) in [5.74, 6) is 0.791. The highest BCUT2D eigenvalue weighted by molar-refractivity contribution is 5.74. The summed E-state index contributed by atoms with van der Waals surface area (Å²) in [6, 6.07) is 6.38. The number of carbonyl (C=O) groups excluding carboxylic acids is 1. The lowest BCUT2D eigenvalue weighted by Crippen LogP contribution is -2.45. The Hall–Kier alpha value is -1.92. The lowest BCUT2D eigenvalue weighted by molar-refractivity contribution is -0.153. The molecule has 0 saturated heterocycles. The summed E-state index contributed by atoms with van der Waals surface area (Å²) in [4.78, 5) is 14.0. The summed E-state index contributed by atoms with van der Waals surface area (Å²) in [6.07, 6.45) is 0.0556. The highest BCUT2D eigenvalue weighted by Crippen LogP contribution is 2.26. The number of benzene rings is 1. The Morgan fingerprint density at radius 3 is 2.56 bits per heavy atom. The Labute approximate surface area is 146 Å². The second kappa shape index (κ2) is 8.45. The second-order valence-electron chi connectivity index (χ2n) is 6.74. The van der Waals surface area contributed by atoms with Gasteiger partial charge in [0.05, 0.1) is 0 Å². The molecule has 1 aliphatic rings. The summed E-state index contributed by atoms with van der Waals surface area (Å²) < 4.78 is 41.0. The van der Waals surface area contributed by atoms with Gasteiger partial charge in [-0.25, -0.2) is 4.79 Å². The first-order valence-corrected chi connectivity index (χ1v) is 8.54. The van der Waals surface area contributed by atoms with Gasteiger partial charge in [0.15, 0.2) is 6.61 Å². The number of hydrogen-bond acceptors (Lipinski definition) is 2. The molecule has 0 aromatic heterocycles. The molecule has 2 unspecified atom stereocenters. The smallest absolute Gasteiger partial charge is 0.422 e. The molecular formula is C18H25F3N2O2. The van der Waals surface area contributed by atoms with Gasteiger partial charge in [0.25, 0.3) is 0 Å². The van der Waals surface area contributed by atoms with E-state index in [0.717, 1.165) is 24.8 Å². The fourth-order valence-electron chi connectivity index (χ4n) is 3.09. The number of urea groups is 1. The van der Waals surface area contributed by atoms with Gasteiger partial charge in [0, 0.05) is 19.6 Å². The predicted molar refractivity (Wildman–Crippen MR) is 89.4 cm³/mol. The first kappa shape index (κ1) is 19.4. The van der Waals surface area contributed by atoms with Crippen LogP contribution < -0.4 is 10.1 Å². The van der Waals surface area contributed by atoms with Crippen LogP contribution in [0, 0.1) is 5.92 Å². The Morgan fingerprint density at radius 2 is 1.96 bits per heavy atom. The summed E-state index contributed by atoms with van der Waals surface area (Å²) in [5, 5.41) is 2.85. The SMILES string of the molecule is CC1CCCC(N(C)C(=O)NCc2ccc(OCC(F)(F)F)cc2)C1. The van der Waals surface area contributed by atoms with Crippen molar-refractivity contribution in [3.63, 3.8) is 0 Å². The minimum absolute atomic E-state index is 0.128. The number of amides is 2. The van der Waals surface area contributed by atoms with Crippen LogP contribution in [0.1, 0.15) is 38.2 Å². The van der Waals surface area contributed by atoms with E-state index in [1.807, 2.05) is 7.05 Å². The fraction of sp³-hybridized carbons (Fsp3) is 0.611. The van der Waals surface area contributed by atoms with E-state index in [2.05, 4.69) is 17.0 Å². The molecule has 1 aromatic carbocycles. The second-order valence-corrected chi connectivity index (χ2v) is 6.74. The molecule has 0 spiro atoms. The van der Waals surface area contributed by atoms with Gasteiger partial charge in [0.2, 0.25) is 0 Å².